The van der Waals surface area contributed by atoms with Gasteiger partial charge < -0.3 is 9.80 Å². The van der Waals surface area contributed by atoms with Gasteiger partial charge in [0.15, 0.2) is 12.4 Å². The lowest BCUT2D eigenvalue weighted by Gasteiger charge is -2.47. The van der Waals surface area contributed by atoms with Crippen LogP contribution in [0.5, 0.6) is 0 Å². The second-order valence-electron chi connectivity index (χ2n) is 5.42. The molecule has 1 saturated heterocycles. The first-order valence-electron chi connectivity index (χ1n) is 5.90. The topological polar surface area (TPSA) is 10.4 Å². The minimum absolute atomic E-state index is 0.215. The number of nitrogens with zero attached hydrogens (tertiary/aromatic N) is 3. The van der Waals surface area contributed by atoms with Crippen LogP contribution in [0.3, 0.4) is 0 Å². The summed E-state index contributed by atoms with van der Waals surface area (Å²) in [5.41, 5.74) is 1.55. The minimum Gasteiger partial charge on any atom is -0.363 e. The molecule has 2 rings (SSSR count). The third-order valence-corrected chi connectivity index (χ3v) is 3.37. The van der Waals surface area contributed by atoms with E-state index in [0.717, 1.165) is 19.6 Å². The summed E-state index contributed by atoms with van der Waals surface area (Å²) in [5.74, 6) is 0. The Bertz CT molecular complexity index is 356. The molecule has 1 aliphatic heterocycles. The van der Waals surface area contributed by atoms with Crippen molar-refractivity contribution in [1.29, 1.82) is 0 Å². The second-order valence-corrected chi connectivity index (χ2v) is 5.42. The van der Waals surface area contributed by atoms with E-state index in [4.69, 9.17) is 0 Å². The average molecular weight is 220 g/mol. The van der Waals surface area contributed by atoms with Crippen molar-refractivity contribution in [3.63, 3.8) is 0 Å². The molecule has 1 aromatic rings. The molecule has 0 bridgehead atoms. The molecule has 0 saturated carbocycles. The van der Waals surface area contributed by atoms with E-state index in [-0.39, 0.29) is 5.54 Å². The van der Waals surface area contributed by atoms with Crippen molar-refractivity contribution < 1.29 is 4.57 Å². The van der Waals surface area contributed by atoms with Crippen LogP contribution in [-0.2, 0) is 7.05 Å². The third-order valence-electron chi connectivity index (χ3n) is 3.37. The molecule has 0 aliphatic carbocycles. The van der Waals surface area contributed by atoms with Crippen LogP contribution in [-0.4, -0.2) is 37.1 Å². The summed E-state index contributed by atoms with van der Waals surface area (Å²) >= 11 is 0. The standard InChI is InChI=1S/C13H22N3/c1-13(2)11-15(4)9-10-16(13)12-5-7-14(3)8-6-12/h5-8H,9-11H2,1-4H3/q+1. The maximum Gasteiger partial charge on any atom is 0.170 e. The van der Waals surface area contributed by atoms with Crippen molar-refractivity contribution >= 4 is 5.69 Å². The number of likely N-dealkylation sites (N-methyl/N-ethyl adjacent to an activating group) is 1. The summed E-state index contributed by atoms with van der Waals surface area (Å²) < 4.78 is 2.08. The minimum atomic E-state index is 0.215. The molecule has 1 fully saturated rings. The zero-order chi connectivity index (χ0) is 11.8. The Balaban J connectivity index is 2.23. The van der Waals surface area contributed by atoms with E-state index in [2.05, 4.69) is 66.8 Å². The van der Waals surface area contributed by atoms with Crippen LogP contribution in [0, 0.1) is 0 Å². The van der Waals surface area contributed by atoms with Crippen molar-refractivity contribution in [1.82, 2.24) is 4.90 Å². The maximum atomic E-state index is 2.51. The Morgan fingerprint density at radius 2 is 1.81 bits per heavy atom. The van der Waals surface area contributed by atoms with Gasteiger partial charge in [-0.1, -0.05) is 0 Å². The molecule has 0 N–H and O–H groups in total. The van der Waals surface area contributed by atoms with Crippen molar-refractivity contribution in [2.24, 2.45) is 7.05 Å². The van der Waals surface area contributed by atoms with Crippen LogP contribution in [0.2, 0.25) is 0 Å². The smallest absolute Gasteiger partial charge is 0.170 e. The van der Waals surface area contributed by atoms with Gasteiger partial charge in [0.05, 0.1) is 0 Å². The normalized spacial score (nSPS) is 21.1. The quantitative estimate of drug-likeness (QED) is 0.655. The molecule has 0 unspecified atom stereocenters. The first-order chi connectivity index (χ1) is 7.49. The van der Waals surface area contributed by atoms with Crippen LogP contribution < -0.4 is 9.47 Å². The van der Waals surface area contributed by atoms with Crippen LogP contribution in [0.25, 0.3) is 0 Å². The number of anilines is 1. The van der Waals surface area contributed by atoms with Crippen molar-refractivity contribution in [3.8, 4) is 0 Å². The lowest BCUT2D eigenvalue weighted by Crippen LogP contribution is -2.58. The predicted octanol–water partition coefficient (Wildman–Crippen LogP) is 1.04. The zero-order valence-corrected chi connectivity index (χ0v) is 10.8. The van der Waals surface area contributed by atoms with Crippen molar-refractivity contribution in [3.05, 3.63) is 24.5 Å². The summed E-state index contributed by atoms with van der Waals surface area (Å²) in [7, 11) is 4.25. The van der Waals surface area contributed by atoms with Gasteiger partial charge in [-0.25, -0.2) is 4.57 Å². The Morgan fingerprint density at radius 3 is 2.38 bits per heavy atom. The van der Waals surface area contributed by atoms with Crippen molar-refractivity contribution in [2.75, 3.05) is 31.6 Å². The number of hydrogen-bond acceptors (Lipinski definition) is 2. The van der Waals surface area contributed by atoms with Crippen LogP contribution >= 0.6 is 0 Å². The van der Waals surface area contributed by atoms with E-state index in [0.29, 0.717) is 0 Å². The summed E-state index contributed by atoms with van der Waals surface area (Å²) in [6.45, 7) is 8.00. The van der Waals surface area contributed by atoms with Gasteiger partial charge in [-0.05, 0) is 20.9 Å². The van der Waals surface area contributed by atoms with Crippen molar-refractivity contribution in [2.45, 2.75) is 19.4 Å². The molecule has 0 atom stereocenters. The van der Waals surface area contributed by atoms with Crippen LogP contribution in [0.15, 0.2) is 24.5 Å². The average Bonchev–Trinajstić information content (AvgIpc) is 2.18. The van der Waals surface area contributed by atoms with Gasteiger partial charge in [0, 0.05) is 43.0 Å². The highest BCUT2D eigenvalue weighted by atomic mass is 15.3. The van der Waals surface area contributed by atoms with E-state index in [9.17, 15) is 0 Å². The summed E-state index contributed by atoms with van der Waals surface area (Å²) in [6, 6.07) is 4.40. The summed E-state index contributed by atoms with van der Waals surface area (Å²) in [6.07, 6.45) is 4.23. The first kappa shape index (κ1) is 11.4. The number of rotatable bonds is 1. The zero-order valence-electron chi connectivity index (χ0n) is 10.8. The van der Waals surface area contributed by atoms with Crippen LogP contribution in [0.1, 0.15) is 13.8 Å². The Kier molecular flexibility index (Phi) is 2.89. The molecule has 0 radical (unpaired) electrons. The molecule has 0 spiro atoms. The van der Waals surface area contributed by atoms with Gasteiger partial charge in [0.1, 0.15) is 7.05 Å². The van der Waals surface area contributed by atoms with E-state index in [1.165, 1.54) is 5.69 Å². The Hall–Kier alpha value is -1.09. The SMILES string of the molecule is CN1CCN(c2cc[n+](C)cc2)C(C)(C)C1. The number of aryl methyl sites for hydroxylation is 1. The molecular formula is C13H22N3+. The van der Waals surface area contributed by atoms with Gasteiger partial charge in [0.25, 0.3) is 0 Å². The number of piperazine rings is 1. The second kappa shape index (κ2) is 4.06. The highest BCUT2D eigenvalue weighted by molar-refractivity contribution is 5.47. The van der Waals surface area contributed by atoms with Gasteiger partial charge in [-0.15, -0.1) is 0 Å². The summed E-state index contributed by atoms with van der Waals surface area (Å²) in [4.78, 5) is 4.91. The fourth-order valence-corrected chi connectivity index (χ4v) is 2.55. The first-order valence-corrected chi connectivity index (χ1v) is 5.90. The Labute approximate surface area is 98.3 Å². The predicted molar refractivity (Wildman–Crippen MR) is 66.5 cm³/mol. The van der Waals surface area contributed by atoms with Gasteiger partial charge in [-0.2, -0.15) is 0 Å². The van der Waals surface area contributed by atoms with E-state index >= 15 is 0 Å². The molecule has 88 valence electrons. The fourth-order valence-electron chi connectivity index (χ4n) is 2.55. The lowest BCUT2D eigenvalue weighted by atomic mass is 9.98. The lowest BCUT2D eigenvalue weighted by molar-refractivity contribution is -0.671. The van der Waals surface area contributed by atoms with Gasteiger partial charge in [0.2, 0.25) is 0 Å². The highest BCUT2D eigenvalue weighted by Gasteiger charge is 2.32. The molecule has 0 amide bonds. The summed E-state index contributed by atoms with van der Waals surface area (Å²) in [5, 5.41) is 0. The number of hydrogen-bond donors (Lipinski definition) is 0. The van der Waals surface area contributed by atoms with Gasteiger partial charge in [-0.3, -0.25) is 0 Å². The fraction of sp³-hybridized carbons (Fsp3) is 0.615. The van der Waals surface area contributed by atoms with Crippen LogP contribution in [0.4, 0.5) is 5.69 Å². The molecule has 3 heteroatoms. The molecule has 0 aromatic carbocycles. The molecular weight excluding hydrogens is 198 g/mol. The molecule has 1 aromatic heterocycles. The molecule has 1 aliphatic rings. The van der Waals surface area contributed by atoms with E-state index in [1.54, 1.807) is 0 Å². The maximum absolute atomic E-state index is 2.51. The highest BCUT2D eigenvalue weighted by Crippen LogP contribution is 2.26. The third kappa shape index (κ3) is 2.19. The Morgan fingerprint density at radius 1 is 1.19 bits per heavy atom. The number of pyridine rings is 1. The van der Waals surface area contributed by atoms with E-state index in [1.807, 2.05) is 0 Å². The largest absolute Gasteiger partial charge is 0.363 e. The molecule has 3 nitrogen and oxygen atoms in total. The monoisotopic (exact) mass is 220 g/mol. The van der Waals surface area contributed by atoms with Gasteiger partial charge >= 0.3 is 0 Å². The number of aromatic nitrogens is 1. The molecule has 16 heavy (non-hydrogen) atoms. The van der Waals surface area contributed by atoms with E-state index < -0.39 is 0 Å². The molecule has 2 heterocycles.